The van der Waals surface area contributed by atoms with E-state index in [9.17, 15) is 0 Å². The van der Waals surface area contributed by atoms with Crippen LogP contribution in [-0.4, -0.2) is 5.33 Å². The number of halogens is 1. The van der Waals surface area contributed by atoms with Crippen LogP contribution >= 0.6 is 15.9 Å². The van der Waals surface area contributed by atoms with Crippen LogP contribution in [0, 0.1) is 0 Å². The molecule has 1 nitrogen and oxygen atoms in total. The highest BCUT2D eigenvalue weighted by Gasteiger charge is 1.78. The molecule has 1 rings (SSSR count). The summed E-state index contributed by atoms with van der Waals surface area (Å²) in [5.41, 5.74) is 0. The van der Waals surface area contributed by atoms with E-state index >= 15 is 0 Å². The fourth-order valence-electron chi connectivity index (χ4n) is 0.485. The van der Waals surface area contributed by atoms with Crippen molar-refractivity contribution < 1.29 is 4.57 Å². The molecule has 1 heterocycles. The van der Waals surface area contributed by atoms with Crippen LogP contribution < -0.4 is 4.57 Å². The Labute approximate surface area is 70.8 Å². The summed E-state index contributed by atoms with van der Waals surface area (Å²) < 4.78 is 2.00. The Balaban J connectivity index is 0.000000236. The van der Waals surface area contributed by atoms with E-state index in [1.165, 1.54) is 0 Å². The number of aromatic nitrogens is 1. The molecule has 56 valence electrons. The van der Waals surface area contributed by atoms with E-state index in [0.717, 1.165) is 5.33 Å². The molecule has 0 spiro atoms. The van der Waals surface area contributed by atoms with Gasteiger partial charge in [-0.3, -0.25) is 0 Å². The van der Waals surface area contributed by atoms with Gasteiger partial charge in [0.05, 0.1) is 0 Å². The lowest BCUT2D eigenvalue weighted by Crippen LogP contribution is -2.25. The molecule has 0 fully saturated rings. The maximum Gasteiger partial charge on any atom is 0.168 e. The molecule has 0 aliphatic carbocycles. The zero-order chi connectivity index (χ0) is 7.82. The van der Waals surface area contributed by atoms with E-state index < -0.39 is 0 Å². The van der Waals surface area contributed by atoms with Gasteiger partial charge >= 0.3 is 0 Å². The van der Waals surface area contributed by atoms with Crippen LogP contribution in [0.3, 0.4) is 0 Å². The van der Waals surface area contributed by atoms with Crippen LogP contribution in [0.1, 0.15) is 6.92 Å². The van der Waals surface area contributed by atoms with Crippen molar-refractivity contribution in [2.24, 2.45) is 7.05 Å². The number of hydrogen-bond donors (Lipinski definition) is 0. The second-order valence-corrected chi connectivity index (χ2v) is 2.93. The number of aryl methyl sites for hydroxylation is 1. The van der Waals surface area contributed by atoms with Gasteiger partial charge in [-0.15, -0.1) is 0 Å². The quantitative estimate of drug-likeness (QED) is 0.448. The zero-order valence-electron chi connectivity index (χ0n) is 6.42. The Morgan fingerprint density at radius 3 is 1.80 bits per heavy atom. The average molecular weight is 203 g/mol. The summed E-state index contributed by atoms with van der Waals surface area (Å²) in [7, 11) is 2.00. The van der Waals surface area contributed by atoms with Gasteiger partial charge in [0, 0.05) is 17.5 Å². The van der Waals surface area contributed by atoms with Crippen molar-refractivity contribution in [1.29, 1.82) is 0 Å². The van der Waals surface area contributed by atoms with E-state index in [1.807, 2.05) is 49.1 Å². The maximum absolute atomic E-state index is 3.15. The monoisotopic (exact) mass is 202 g/mol. The highest BCUT2D eigenvalue weighted by molar-refractivity contribution is 9.09. The summed E-state index contributed by atoms with van der Waals surface area (Å²) in [6, 6.07) is 6.00. The molecule has 10 heavy (non-hydrogen) atoms. The smallest absolute Gasteiger partial charge is 0.168 e. The summed E-state index contributed by atoms with van der Waals surface area (Å²) in [6.07, 6.45) is 4.00. The van der Waals surface area contributed by atoms with E-state index in [0.29, 0.717) is 0 Å². The third-order valence-electron chi connectivity index (χ3n) is 0.865. The number of pyridine rings is 1. The third-order valence-corrected chi connectivity index (χ3v) is 0.865. The van der Waals surface area contributed by atoms with Crippen LogP contribution in [0.2, 0.25) is 0 Å². The highest BCUT2D eigenvalue weighted by Crippen LogP contribution is 1.71. The van der Waals surface area contributed by atoms with Gasteiger partial charge < -0.3 is 0 Å². The first-order chi connectivity index (χ1) is 4.81. The molecule has 0 aromatic carbocycles. The fourth-order valence-corrected chi connectivity index (χ4v) is 0.485. The van der Waals surface area contributed by atoms with Crippen molar-refractivity contribution in [2.75, 3.05) is 5.33 Å². The van der Waals surface area contributed by atoms with Crippen molar-refractivity contribution in [3.05, 3.63) is 30.6 Å². The molecular weight excluding hydrogens is 190 g/mol. The topological polar surface area (TPSA) is 3.88 Å². The van der Waals surface area contributed by atoms with Crippen molar-refractivity contribution in [3.63, 3.8) is 0 Å². The van der Waals surface area contributed by atoms with Crippen LogP contribution in [0.5, 0.6) is 0 Å². The first-order valence-corrected chi connectivity index (χ1v) is 4.39. The fraction of sp³-hybridized carbons (Fsp3) is 0.375. The SMILES string of the molecule is CCBr.C[n+]1ccccc1. The lowest BCUT2D eigenvalue weighted by molar-refractivity contribution is -0.671. The Morgan fingerprint density at radius 1 is 1.20 bits per heavy atom. The molecule has 0 unspecified atom stereocenters. The Hall–Kier alpha value is -0.370. The van der Waals surface area contributed by atoms with Crippen molar-refractivity contribution in [1.82, 2.24) is 0 Å². The Kier molecular flexibility index (Phi) is 6.50. The molecule has 1 aromatic rings. The second kappa shape index (κ2) is 6.75. The maximum atomic E-state index is 3.15. The lowest BCUT2D eigenvalue weighted by atomic mass is 10.5. The van der Waals surface area contributed by atoms with Crippen LogP contribution in [-0.2, 0) is 7.05 Å². The largest absolute Gasteiger partial charge is 0.208 e. The first-order valence-electron chi connectivity index (χ1n) is 3.27. The number of nitrogens with zero attached hydrogens (tertiary/aromatic N) is 1. The molecule has 0 N–H and O–H groups in total. The van der Waals surface area contributed by atoms with E-state index in [4.69, 9.17) is 0 Å². The molecule has 0 bridgehead atoms. The summed E-state index contributed by atoms with van der Waals surface area (Å²) in [6.45, 7) is 2.04. The molecule has 0 saturated heterocycles. The molecule has 0 aliphatic rings. The standard InChI is InChI=1S/C6H8N.C2H5Br/c1-7-5-3-2-4-6-7;1-2-3/h2-6H,1H3;2H2,1H3/q+1;. The highest BCUT2D eigenvalue weighted by atomic mass is 79.9. The van der Waals surface area contributed by atoms with Gasteiger partial charge in [-0.25, -0.2) is 4.57 Å². The van der Waals surface area contributed by atoms with Crippen molar-refractivity contribution in [2.45, 2.75) is 6.92 Å². The minimum atomic E-state index is 1.06. The number of rotatable bonds is 0. The molecule has 2 heteroatoms. The van der Waals surface area contributed by atoms with Crippen molar-refractivity contribution >= 4 is 15.9 Å². The van der Waals surface area contributed by atoms with Crippen LogP contribution in [0.15, 0.2) is 30.6 Å². The number of alkyl halides is 1. The molecule has 0 atom stereocenters. The van der Waals surface area contributed by atoms with Gasteiger partial charge in [-0.2, -0.15) is 0 Å². The summed E-state index contributed by atoms with van der Waals surface area (Å²) in [4.78, 5) is 0. The normalized spacial score (nSPS) is 7.90. The summed E-state index contributed by atoms with van der Waals surface area (Å²) in [5, 5.41) is 1.06. The molecule has 0 aliphatic heterocycles. The third kappa shape index (κ3) is 5.76. The minimum absolute atomic E-state index is 1.06. The zero-order valence-corrected chi connectivity index (χ0v) is 8.01. The van der Waals surface area contributed by atoms with E-state index in [-0.39, 0.29) is 0 Å². The Bertz CT molecular complexity index is 151. The first kappa shape index (κ1) is 9.63. The van der Waals surface area contributed by atoms with E-state index in [1.54, 1.807) is 0 Å². The average Bonchev–Trinajstić information content (AvgIpc) is 1.91. The van der Waals surface area contributed by atoms with E-state index in [2.05, 4.69) is 15.9 Å². The molecule has 1 aromatic heterocycles. The van der Waals surface area contributed by atoms with Gasteiger partial charge in [0.2, 0.25) is 0 Å². The van der Waals surface area contributed by atoms with Gasteiger partial charge in [0.15, 0.2) is 12.4 Å². The number of hydrogen-bond acceptors (Lipinski definition) is 0. The van der Waals surface area contributed by atoms with Crippen LogP contribution in [0.4, 0.5) is 0 Å². The van der Waals surface area contributed by atoms with Crippen molar-refractivity contribution in [3.8, 4) is 0 Å². The van der Waals surface area contributed by atoms with Gasteiger partial charge in [0.25, 0.3) is 0 Å². The molecular formula is C8H13BrN+. The lowest BCUT2D eigenvalue weighted by Gasteiger charge is -1.77. The van der Waals surface area contributed by atoms with Gasteiger partial charge in [-0.1, -0.05) is 28.9 Å². The van der Waals surface area contributed by atoms with Crippen LogP contribution in [0.25, 0.3) is 0 Å². The summed E-state index contributed by atoms with van der Waals surface area (Å²) >= 11 is 3.15. The van der Waals surface area contributed by atoms with Gasteiger partial charge in [-0.05, 0) is 0 Å². The predicted molar refractivity (Wildman–Crippen MR) is 47.1 cm³/mol. The minimum Gasteiger partial charge on any atom is -0.208 e. The molecule has 0 saturated carbocycles. The van der Waals surface area contributed by atoms with Gasteiger partial charge in [0.1, 0.15) is 7.05 Å². The Morgan fingerprint density at radius 2 is 1.60 bits per heavy atom. The summed E-state index contributed by atoms with van der Waals surface area (Å²) in [5.74, 6) is 0. The predicted octanol–water partition coefficient (Wildman–Crippen LogP) is 1.91. The molecule has 0 radical (unpaired) electrons. The molecule has 0 amide bonds. The second-order valence-electron chi connectivity index (χ2n) is 1.81.